The first-order chi connectivity index (χ1) is 9.22. The van der Waals surface area contributed by atoms with Gasteiger partial charge in [0.2, 0.25) is 0 Å². The van der Waals surface area contributed by atoms with E-state index in [1.165, 1.54) is 0 Å². The van der Waals surface area contributed by atoms with Crippen molar-refractivity contribution in [1.29, 1.82) is 0 Å². The van der Waals surface area contributed by atoms with Gasteiger partial charge in [-0.3, -0.25) is 0 Å². The van der Waals surface area contributed by atoms with Gasteiger partial charge in [0.05, 0.1) is 19.9 Å². The molecule has 19 heavy (non-hydrogen) atoms. The van der Waals surface area contributed by atoms with E-state index in [4.69, 9.17) is 9.47 Å². The predicted octanol–water partition coefficient (Wildman–Crippen LogP) is 3.02. The third-order valence-corrected chi connectivity index (χ3v) is 2.83. The van der Waals surface area contributed by atoms with Crippen LogP contribution in [0, 0.1) is 0 Å². The molecule has 0 heterocycles. The van der Waals surface area contributed by atoms with Crippen molar-refractivity contribution < 1.29 is 14.6 Å². The fourth-order valence-corrected chi connectivity index (χ4v) is 1.76. The van der Waals surface area contributed by atoms with Crippen molar-refractivity contribution in [2.24, 2.45) is 0 Å². The SMILES string of the molecule is COc1ccc(NCc2ccc(O)cc2)c(OC)c1. The number of phenols is 1. The zero-order valence-corrected chi connectivity index (χ0v) is 11.0. The van der Waals surface area contributed by atoms with Gasteiger partial charge in [0, 0.05) is 12.6 Å². The van der Waals surface area contributed by atoms with Crippen molar-refractivity contribution in [1.82, 2.24) is 0 Å². The topological polar surface area (TPSA) is 50.7 Å². The molecule has 2 rings (SSSR count). The van der Waals surface area contributed by atoms with Crippen LogP contribution >= 0.6 is 0 Å². The molecule has 2 aromatic rings. The van der Waals surface area contributed by atoms with Crippen LogP contribution in [0.15, 0.2) is 42.5 Å². The van der Waals surface area contributed by atoms with E-state index in [-0.39, 0.29) is 5.75 Å². The van der Waals surface area contributed by atoms with E-state index >= 15 is 0 Å². The maximum atomic E-state index is 9.23. The molecule has 0 amide bonds. The molecule has 0 saturated carbocycles. The van der Waals surface area contributed by atoms with Crippen LogP contribution in [0.4, 0.5) is 5.69 Å². The van der Waals surface area contributed by atoms with E-state index in [0.29, 0.717) is 6.54 Å². The summed E-state index contributed by atoms with van der Waals surface area (Å²) in [5.41, 5.74) is 1.98. The second kappa shape index (κ2) is 6.00. The Morgan fingerprint density at radius 2 is 1.74 bits per heavy atom. The van der Waals surface area contributed by atoms with E-state index in [0.717, 1.165) is 22.7 Å². The Kier molecular flexibility index (Phi) is 4.13. The Bertz CT molecular complexity index is 538. The Balaban J connectivity index is 2.08. The molecule has 0 aliphatic heterocycles. The minimum atomic E-state index is 0.269. The number of benzene rings is 2. The fraction of sp³-hybridized carbons (Fsp3) is 0.200. The van der Waals surface area contributed by atoms with Gasteiger partial charge < -0.3 is 19.9 Å². The summed E-state index contributed by atoms with van der Waals surface area (Å²) in [4.78, 5) is 0. The number of aromatic hydroxyl groups is 1. The van der Waals surface area contributed by atoms with E-state index < -0.39 is 0 Å². The molecule has 0 aliphatic rings. The maximum absolute atomic E-state index is 9.23. The summed E-state index contributed by atoms with van der Waals surface area (Å²) in [7, 11) is 3.25. The third kappa shape index (κ3) is 3.31. The number of anilines is 1. The minimum Gasteiger partial charge on any atom is -0.508 e. The summed E-state index contributed by atoms with van der Waals surface area (Å²) >= 11 is 0. The highest BCUT2D eigenvalue weighted by Crippen LogP contribution is 2.29. The number of phenolic OH excluding ortho intramolecular Hbond substituents is 1. The lowest BCUT2D eigenvalue weighted by Gasteiger charge is -2.12. The van der Waals surface area contributed by atoms with Crippen LogP contribution in [0.2, 0.25) is 0 Å². The van der Waals surface area contributed by atoms with E-state index in [1.807, 2.05) is 30.3 Å². The Morgan fingerprint density at radius 1 is 1.00 bits per heavy atom. The molecule has 0 aliphatic carbocycles. The van der Waals surface area contributed by atoms with Crippen molar-refractivity contribution in [3.63, 3.8) is 0 Å². The summed E-state index contributed by atoms with van der Waals surface area (Å²) in [6, 6.07) is 12.7. The number of methoxy groups -OCH3 is 2. The first-order valence-corrected chi connectivity index (χ1v) is 5.96. The van der Waals surface area contributed by atoms with Gasteiger partial charge in [0.1, 0.15) is 17.2 Å². The van der Waals surface area contributed by atoms with Gasteiger partial charge in [0.25, 0.3) is 0 Å². The highest BCUT2D eigenvalue weighted by Gasteiger charge is 2.04. The number of ether oxygens (including phenoxy) is 2. The molecule has 0 atom stereocenters. The molecule has 0 unspecified atom stereocenters. The number of rotatable bonds is 5. The molecule has 2 aromatic carbocycles. The molecule has 0 radical (unpaired) electrons. The first kappa shape index (κ1) is 13.1. The smallest absolute Gasteiger partial charge is 0.145 e. The van der Waals surface area contributed by atoms with Gasteiger partial charge in [-0.2, -0.15) is 0 Å². The summed E-state index contributed by atoms with van der Waals surface area (Å²) in [5.74, 6) is 1.76. The van der Waals surface area contributed by atoms with Gasteiger partial charge in [-0.05, 0) is 29.8 Å². The zero-order chi connectivity index (χ0) is 13.7. The van der Waals surface area contributed by atoms with Crippen LogP contribution in [0.25, 0.3) is 0 Å². The monoisotopic (exact) mass is 259 g/mol. The number of hydrogen-bond donors (Lipinski definition) is 2. The lowest BCUT2D eigenvalue weighted by molar-refractivity contribution is 0.395. The summed E-state index contributed by atoms with van der Waals surface area (Å²) in [5, 5.41) is 12.5. The van der Waals surface area contributed by atoms with Crippen LogP contribution in [-0.4, -0.2) is 19.3 Å². The van der Waals surface area contributed by atoms with E-state index in [1.54, 1.807) is 26.4 Å². The molecule has 4 heteroatoms. The van der Waals surface area contributed by atoms with Crippen LogP contribution in [0.3, 0.4) is 0 Å². The van der Waals surface area contributed by atoms with Crippen molar-refractivity contribution >= 4 is 5.69 Å². The molecule has 0 aromatic heterocycles. The van der Waals surface area contributed by atoms with Crippen LogP contribution in [0.1, 0.15) is 5.56 Å². The molecule has 0 spiro atoms. The van der Waals surface area contributed by atoms with Crippen LogP contribution in [0.5, 0.6) is 17.2 Å². The number of nitrogens with one attached hydrogen (secondary N) is 1. The van der Waals surface area contributed by atoms with Crippen molar-refractivity contribution in [3.8, 4) is 17.2 Å². The zero-order valence-electron chi connectivity index (χ0n) is 11.0. The van der Waals surface area contributed by atoms with Crippen molar-refractivity contribution in [2.45, 2.75) is 6.54 Å². The highest BCUT2D eigenvalue weighted by molar-refractivity contribution is 5.59. The summed E-state index contributed by atoms with van der Waals surface area (Å²) in [6.45, 7) is 0.656. The molecule has 0 saturated heterocycles. The minimum absolute atomic E-state index is 0.269. The summed E-state index contributed by atoms with van der Waals surface area (Å²) < 4.78 is 10.5. The standard InChI is InChI=1S/C15H17NO3/c1-18-13-7-8-14(15(9-13)19-2)16-10-11-3-5-12(17)6-4-11/h3-9,16-17H,10H2,1-2H3. The Morgan fingerprint density at radius 3 is 2.37 bits per heavy atom. The highest BCUT2D eigenvalue weighted by atomic mass is 16.5. The molecule has 100 valence electrons. The van der Waals surface area contributed by atoms with Crippen LogP contribution < -0.4 is 14.8 Å². The first-order valence-electron chi connectivity index (χ1n) is 5.96. The average molecular weight is 259 g/mol. The fourth-order valence-electron chi connectivity index (χ4n) is 1.76. The Labute approximate surface area is 112 Å². The maximum Gasteiger partial charge on any atom is 0.145 e. The molecule has 0 fully saturated rings. The van der Waals surface area contributed by atoms with Gasteiger partial charge in [0.15, 0.2) is 0 Å². The van der Waals surface area contributed by atoms with Gasteiger partial charge >= 0.3 is 0 Å². The normalized spacial score (nSPS) is 10.0. The van der Waals surface area contributed by atoms with Crippen molar-refractivity contribution in [2.75, 3.05) is 19.5 Å². The predicted molar refractivity (Wildman–Crippen MR) is 75.0 cm³/mol. The average Bonchev–Trinajstić information content (AvgIpc) is 2.46. The molecule has 2 N–H and O–H groups in total. The molecule has 0 bridgehead atoms. The molecular formula is C15H17NO3. The Hall–Kier alpha value is -2.36. The largest absolute Gasteiger partial charge is 0.508 e. The number of hydrogen-bond acceptors (Lipinski definition) is 4. The van der Waals surface area contributed by atoms with Crippen molar-refractivity contribution in [3.05, 3.63) is 48.0 Å². The van der Waals surface area contributed by atoms with Crippen LogP contribution in [-0.2, 0) is 6.54 Å². The lowest BCUT2D eigenvalue weighted by atomic mass is 10.2. The summed E-state index contributed by atoms with van der Waals surface area (Å²) in [6.07, 6.45) is 0. The van der Waals surface area contributed by atoms with E-state index in [9.17, 15) is 5.11 Å². The van der Waals surface area contributed by atoms with Gasteiger partial charge in [-0.15, -0.1) is 0 Å². The second-order valence-electron chi connectivity index (χ2n) is 4.09. The second-order valence-corrected chi connectivity index (χ2v) is 4.09. The van der Waals surface area contributed by atoms with Gasteiger partial charge in [-0.1, -0.05) is 12.1 Å². The van der Waals surface area contributed by atoms with E-state index in [2.05, 4.69) is 5.32 Å². The quantitative estimate of drug-likeness (QED) is 0.866. The third-order valence-electron chi connectivity index (χ3n) is 2.83. The molecule has 4 nitrogen and oxygen atoms in total. The molecular weight excluding hydrogens is 242 g/mol. The lowest BCUT2D eigenvalue weighted by Crippen LogP contribution is -2.01. The van der Waals surface area contributed by atoms with Gasteiger partial charge in [-0.25, -0.2) is 0 Å².